The third kappa shape index (κ3) is 4.03. The third-order valence-electron chi connectivity index (χ3n) is 3.89. The first-order chi connectivity index (χ1) is 12.3. The summed E-state index contributed by atoms with van der Waals surface area (Å²) < 4.78 is 0.906. The van der Waals surface area contributed by atoms with Crippen molar-refractivity contribution in [2.75, 3.05) is 5.32 Å². The molecule has 5 nitrogen and oxygen atoms in total. The van der Waals surface area contributed by atoms with E-state index in [1.54, 1.807) is 37.3 Å². The lowest BCUT2D eigenvalue weighted by molar-refractivity contribution is -0.113. The zero-order valence-corrected chi connectivity index (χ0v) is 16.7. The van der Waals surface area contributed by atoms with Gasteiger partial charge in [-0.1, -0.05) is 45.2 Å². The van der Waals surface area contributed by atoms with E-state index >= 15 is 0 Å². The lowest BCUT2D eigenvalue weighted by Crippen LogP contribution is -2.46. The summed E-state index contributed by atoms with van der Waals surface area (Å²) in [6.07, 6.45) is 0. The average molecular weight is 455 g/mol. The van der Waals surface area contributed by atoms with E-state index in [9.17, 15) is 9.59 Å². The zero-order chi connectivity index (χ0) is 18.8. The Morgan fingerprint density at radius 1 is 1.15 bits per heavy atom. The van der Waals surface area contributed by atoms with Crippen LogP contribution < -0.4 is 16.0 Å². The summed E-state index contributed by atoms with van der Waals surface area (Å²) in [7, 11) is 0. The van der Waals surface area contributed by atoms with Crippen molar-refractivity contribution in [1.29, 1.82) is 0 Å². The lowest BCUT2D eigenvalue weighted by atomic mass is 9.94. The number of hydrogen-bond acceptors (Lipinski definition) is 2. The summed E-state index contributed by atoms with van der Waals surface area (Å²) >= 11 is 15.6. The molecule has 0 unspecified atom stereocenters. The van der Waals surface area contributed by atoms with Gasteiger partial charge in [0.15, 0.2) is 0 Å². The van der Waals surface area contributed by atoms with Crippen molar-refractivity contribution in [3.8, 4) is 0 Å². The van der Waals surface area contributed by atoms with Gasteiger partial charge < -0.3 is 16.0 Å². The molecule has 1 heterocycles. The molecule has 0 fully saturated rings. The fourth-order valence-electron chi connectivity index (χ4n) is 2.70. The fourth-order valence-corrected chi connectivity index (χ4v) is 3.48. The smallest absolute Gasteiger partial charge is 0.319 e. The van der Waals surface area contributed by atoms with Gasteiger partial charge in [-0.25, -0.2) is 4.79 Å². The van der Waals surface area contributed by atoms with Gasteiger partial charge in [-0.15, -0.1) is 0 Å². The number of allylic oxidation sites excluding steroid dienone is 1. The van der Waals surface area contributed by atoms with Gasteiger partial charge in [-0.05, 0) is 48.9 Å². The minimum atomic E-state index is -0.691. The number of halogens is 3. The van der Waals surface area contributed by atoms with E-state index in [1.165, 1.54) is 0 Å². The molecule has 0 aliphatic carbocycles. The molecular weight excluding hydrogens is 441 g/mol. The molecule has 0 bridgehead atoms. The van der Waals surface area contributed by atoms with Crippen LogP contribution in [0.1, 0.15) is 18.5 Å². The molecule has 1 aliphatic heterocycles. The standard InChI is InChI=1S/C18H14BrCl2N3O2/c1-9-15(17(25)23-12-5-2-10(19)3-6-12)16(24-18(26)22-9)13-7-4-11(20)8-14(13)21/h2-8,16H,1H3,(H,23,25)(H2,22,24,26)/t16-/m0/s1. The fraction of sp³-hybridized carbons (Fsp3) is 0.111. The Morgan fingerprint density at radius 2 is 1.85 bits per heavy atom. The maximum atomic E-state index is 12.9. The predicted molar refractivity (Wildman–Crippen MR) is 106 cm³/mol. The molecule has 26 heavy (non-hydrogen) atoms. The van der Waals surface area contributed by atoms with Gasteiger partial charge in [-0.3, -0.25) is 4.79 Å². The number of urea groups is 1. The number of nitrogens with one attached hydrogen (secondary N) is 3. The van der Waals surface area contributed by atoms with Crippen LogP contribution in [-0.2, 0) is 4.79 Å². The van der Waals surface area contributed by atoms with E-state index in [4.69, 9.17) is 23.2 Å². The van der Waals surface area contributed by atoms with E-state index < -0.39 is 12.1 Å². The lowest BCUT2D eigenvalue weighted by Gasteiger charge is -2.29. The number of benzene rings is 2. The van der Waals surface area contributed by atoms with Crippen molar-refractivity contribution in [1.82, 2.24) is 10.6 Å². The second-order valence-electron chi connectivity index (χ2n) is 5.70. The van der Waals surface area contributed by atoms with Gasteiger partial charge in [0.25, 0.3) is 5.91 Å². The molecule has 0 spiro atoms. The quantitative estimate of drug-likeness (QED) is 0.609. The summed E-state index contributed by atoms with van der Waals surface area (Å²) in [6, 6.07) is 11.0. The molecule has 1 atom stereocenters. The number of hydrogen-bond donors (Lipinski definition) is 3. The van der Waals surface area contributed by atoms with Crippen LogP contribution in [0.15, 0.2) is 58.2 Å². The normalized spacial score (nSPS) is 16.8. The average Bonchev–Trinajstić information content (AvgIpc) is 2.56. The molecule has 0 saturated heterocycles. The summed E-state index contributed by atoms with van der Waals surface area (Å²) in [5, 5.41) is 9.05. The molecule has 134 valence electrons. The molecule has 3 N–H and O–H groups in total. The highest BCUT2D eigenvalue weighted by atomic mass is 79.9. The maximum absolute atomic E-state index is 12.9. The Morgan fingerprint density at radius 3 is 2.50 bits per heavy atom. The second kappa shape index (κ2) is 7.70. The maximum Gasteiger partial charge on any atom is 0.319 e. The Hall–Kier alpha value is -2.02. The first-order valence-corrected chi connectivity index (χ1v) is 9.20. The Balaban J connectivity index is 1.97. The van der Waals surface area contributed by atoms with Gasteiger partial charge in [0.1, 0.15) is 0 Å². The van der Waals surface area contributed by atoms with Crippen molar-refractivity contribution in [3.63, 3.8) is 0 Å². The number of rotatable bonds is 3. The molecule has 2 aromatic carbocycles. The van der Waals surface area contributed by atoms with Crippen LogP contribution in [0.4, 0.5) is 10.5 Å². The van der Waals surface area contributed by atoms with Gasteiger partial charge >= 0.3 is 6.03 Å². The van der Waals surface area contributed by atoms with Crippen molar-refractivity contribution in [3.05, 3.63) is 73.8 Å². The first kappa shape index (κ1) is 18.8. The van der Waals surface area contributed by atoms with Crippen LogP contribution in [0, 0.1) is 0 Å². The monoisotopic (exact) mass is 453 g/mol. The summed E-state index contributed by atoms with van der Waals surface area (Å²) in [5.41, 5.74) is 2.05. The van der Waals surface area contributed by atoms with Crippen LogP contribution in [0.3, 0.4) is 0 Å². The molecule has 0 aromatic heterocycles. The van der Waals surface area contributed by atoms with E-state index in [2.05, 4.69) is 31.9 Å². The number of amides is 3. The highest BCUT2D eigenvalue weighted by molar-refractivity contribution is 9.10. The second-order valence-corrected chi connectivity index (χ2v) is 7.46. The van der Waals surface area contributed by atoms with Crippen LogP contribution >= 0.6 is 39.1 Å². The van der Waals surface area contributed by atoms with E-state index in [1.807, 2.05) is 12.1 Å². The zero-order valence-electron chi connectivity index (χ0n) is 13.6. The van der Waals surface area contributed by atoms with Crippen molar-refractivity contribution in [2.45, 2.75) is 13.0 Å². The molecule has 8 heteroatoms. The summed E-state index contributed by atoms with van der Waals surface area (Å²) in [5.74, 6) is -0.340. The molecule has 2 aromatic rings. The van der Waals surface area contributed by atoms with E-state index in [-0.39, 0.29) is 5.91 Å². The van der Waals surface area contributed by atoms with Gasteiger partial charge in [0.2, 0.25) is 0 Å². The van der Waals surface area contributed by atoms with Crippen molar-refractivity contribution < 1.29 is 9.59 Å². The highest BCUT2D eigenvalue weighted by Gasteiger charge is 2.32. The third-order valence-corrected chi connectivity index (χ3v) is 4.98. The van der Waals surface area contributed by atoms with Gasteiger partial charge in [0, 0.05) is 25.9 Å². The molecule has 0 radical (unpaired) electrons. The predicted octanol–water partition coefficient (Wildman–Crippen LogP) is 5.02. The van der Waals surface area contributed by atoms with Gasteiger partial charge in [-0.2, -0.15) is 0 Å². The van der Waals surface area contributed by atoms with Gasteiger partial charge in [0.05, 0.1) is 11.6 Å². The van der Waals surface area contributed by atoms with Crippen molar-refractivity contribution >= 4 is 56.8 Å². The molecule has 3 rings (SSSR count). The molecule has 1 aliphatic rings. The Bertz CT molecular complexity index is 913. The molecular formula is C18H14BrCl2N3O2. The topological polar surface area (TPSA) is 70.2 Å². The largest absolute Gasteiger partial charge is 0.327 e. The molecule has 3 amide bonds. The van der Waals surface area contributed by atoms with E-state index in [0.29, 0.717) is 32.6 Å². The Kier molecular flexibility index (Phi) is 5.55. The van der Waals surface area contributed by atoms with E-state index in [0.717, 1.165) is 4.47 Å². The highest BCUT2D eigenvalue weighted by Crippen LogP contribution is 2.33. The number of anilines is 1. The summed E-state index contributed by atoms with van der Waals surface area (Å²) in [4.78, 5) is 24.8. The van der Waals surface area contributed by atoms with Crippen LogP contribution in [0.2, 0.25) is 10.0 Å². The Labute approximate surface area is 168 Å². The number of carbonyl (C=O) groups excluding carboxylic acids is 2. The van der Waals surface area contributed by atoms with Crippen LogP contribution in [0.25, 0.3) is 0 Å². The summed E-state index contributed by atoms with van der Waals surface area (Å²) in [6.45, 7) is 1.67. The van der Waals surface area contributed by atoms with Crippen LogP contribution in [-0.4, -0.2) is 11.9 Å². The molecule has 0 saturated carbocycles. The van der Waals surface area contributed by atoms with Crippen LogP contribution in [0.5, 0.6) is 0 Å². The minimum absolute atomic E-state index is 0.340. The number of carbonyl (C=O) groups is 2. The first-order valence-electron chi connectivity index (χ1n) is 7.65. The SMILES string of the molecule is CC1=C(C(=O)Nc2ccc(Br)cc2)[C@H](c2ccc(Cl)cc2Cl)NC(=O)N1. The van der Waals surface area contributed by atoms with Crippen molar-refractivity contribution in [2.24, 2.45) is 0 Å². The minimum Gasteiger partial charge on any atom is -0.327 e.